The van der Waals surface area contributed by atoms with Crippen LogP contribution in [0.1, 0.15) is 21.7 Å². The number of aromatic amines is 1. The van der Waals surface area contributed by atoms with Crippen LogP contribution in [0.5, 0.6) is 0 Å². The first-order valence-electron chi connectivity index (χ1n) is 6.51. The highest BCUT2D eigenvalue weighted by atomic mass is 35.5. The number of halogens is 2. The van der Waals surface area contributed by atoms with Gasteiger partial charge in [-0.1, -0.05) is 12.1 Å². The van der Waals surface area contributed by atoms with Gasteiger partial charge in [0.2, 0.25) is 0 Å². The predicted molar refractivity (Wildman–Crippen MR) is 94.1 cm³/mol. The zero-order valence-corrected chi connectivity index (χ0v) is 13.9. The summed E-state index contributed by atoms with van der Waals surface area (Å²) in [5, 5.41) is 2.75. The number of rotatable bonds is 5. The summed E-state index contributed by atoms with van der Waals surface area (Å²) in [7, 11) is 0. The van der Waals surface area contributed by atoms with E-state index in [0.717, 1.165) is 5.56 Å². The summed E-state index contributed by atoms with van der Waals surface area (Å²) in [6.07, 6.45) is 0.396. The lowest BCUT2D eigenvalue weighted by atomic mass is 10.1. The Morgan fingerprint density at radius 2 is 1.87 bits per heavy atom. The molecular formula is C14H19Cl2N5O2. The minimum absolute atomic E-state index is 0. The van der Waals surface area contributed by atoms with Crippen LogP contribution in [0, 0.1) is 0 Å². The van der Waals surface area contributed by atoms with Gasteiger partial charge in [-0.15, -0.1) is 24.8 Å². The van der Waals surface area contributed by atoms with E-state index in [1.54, 1.807) is 12.1 Å². The number of anilines is 1. The minimum atomic E-state index is -0.304. The Morgan fingerprint density at radius 3 is 2.43 bits per heavy atom. The van der Waals surface area contributed by atoms with E-state index >= 15 is 0 Å². The third kappa shape index (κ3) is 6.27. The monoisotopic (exact) mass is 359 g/mol. The van der Waals surface area contributed by atoms with Gasteiger partial charge in [0.05, 0.1) is 0 Å². The normalized spacial score (nSPS) is 9.43. The molecule has 126 valence electrons. The number of benzene rings is 1. The number of aromatic nitrogens is 2. The topological polar surface area (TPSA) is 127 Å². The van der Waals surface area contributed by atoms with Crippen LogP contribution in [0.3, 0.4) is 0 Å². The molecule has 1 aromatic heterocycles. The van der Waals surface area contributed by atoms with Crippen LogP contribution in [0.2, 0.25) is 0 Å². The lowest BCUT2D eigenvalue weighted by molar-refractivity contribution is 0.0954. The van der Waals surface area contributed by atoms with Crippen LogP contribution in [0.15, 0.2) is 35.1 Å². The molecule has 0 bridgehead atoms. The summed E-state index contributed by atoms with van der Waals surface area (Å²) in [6, 6.07) is 8.27. The molecule has 0 saturated carbocycles. The fourth-order valence-corrected chi connectivity index (χ4v) is 1.84. The first-order valence-corrected chi connectivity index (χ1v) is 6.51. The van der Waals surface area contributed by atoms with E-state index in [0.29, 0.717) is 30.9 Å². The molecule has 2 aromatic rings. The van der Waals surface area contributed by atoms with E-state index in [2.05, 4.69) is 15.3 Å². The summed E-state index contributed by atoms with van der Waals surface area (Å²) >= 11 is 0. The quantitative estimate of drug-likeness (QED) is 0.622. The molecule has 0 fully saturated rings. The molecule has 2 rings (SSSR count). The number of nitrogens with one attached hydrogen (secondary N) is 2. The Kier molecular flexibility index (Phi) is 8.94. The number of H-pyrrole nitrogens is 1. The maximum Gasteiger partial charge on any atom is 0.252 e. The Hall–Kier alpha value is -2.09. The first-order chi connectivity index (χ1) is 10.1. The maximum atomic E-state index is 11.9. The second kappa shape index (κ2) is 9.83. The van der Waals surface area contributed by atoms with Crippen molar-refractivity contribution in [2.75, 3.05) is 12.3 Å². The van der Waals surface area contributed by atoms with Gasteiger partial charge in [0, 0.05) is 31.1 Å². The lowest BCUT2D eigenvalue weighted by Gasteiger charge is -2.06. The van der Waals surface area contributed by atoms with E-state index in [4.69, 9.17) is 11.5 Å². The van der Waals surface area contributed by atoms with Gasteiger partial charge >= 0.3 is 0 Å². The third-order valence-electron chi connectivity index (χ3n) is 2.91. The lowest BCUT2D eigenvalue weighted by Crippen LogP contribution is -2.27. The fraction of sp³-hybridized carbons (Fsp3) is 0.214. The van der Waals surface area contributed by atoms with Gasteiger partial charge in [-0.05, 0) is 17.7 Å². The number of nitrogen functional groups attached to an aromatic ring is 1. The van der Waals surface area contributed by atoms with Crippen molar-refractivity contribution >= 4 is 36.5 Å². The second-order valence-corrected chi connectivity index (χ2v) is 4.52. The van der Waals surface area contributed by atoms with Crippen molar-refractivity contribution in [2.24, 2.45) is 5.73 Å². The third-order valence-corrected chi connectivity index (χ3v) is 2.91. The van der Waals surface area contributed by atoms with Crippen LogP contribution in [-0.2, 0) is 13.0 Å². The van der Waals surface area contributed by atoms with Gasteiger partial charge in [-0.3, -0.25) is 9.59 Å². The van der Waals surface area contributed by atoms with Crippen molar-refractivity contribution in [3.63, 3.8) is 0 Å². The predicted octanol–water partition coefficient (Wildman–Crippen LogP) is 0.627. The SMILES string of the molecule is Cl.Cl.NCc1ccc(C(=O)NCCc2nc(N)cc(=O)[nH]2)cc1. The van der Waals surface area contributed by atoms with Crippen LogP contribution in [-0.4, -0.2) is 22.4 Å². The summed E-state index contributed by atoms with van der Waals surface area (Å²) in [5.74, 6) is 0.418. The number of nitrogens with zero attached hydrogens (tertiary/aromatic N) is 1. The van der Waals surface area contributed by atoms with E-state index in [9.17, 15) is 9.59 Å². The average Bonchev–Trinajstić information content (AvgIpc) is 2.46. The molecule has 9 heteroatoms. The number of nitrogens with two attached hydrogens (primary N) is 2. The first kappa shape index (κ1) is 20.9. The van der Waals surface area contributed by atoms with Crippen LogP contribution >= 0.6 is 24.8 Å². The van der Waals surface area contributed by atoms with E-state index < -0.39 is 0 Å². The molecule has 0 aliphatic rings. The van der Waals surface area contributed by atoms with E-state index in [1.807, 2.05) is 12.1 Å². The van der Waals surface area contributed by atoms with Crippen LogP contribution in [0.25, 0.3) is 0 Å². The smallest absolute Gasteiger partial charge is 0.252 e. The summed E-state index contributed by atoms with van der Waals surface area (Å²) in [6.45, 7) is 0.792. The molecule has 6 N–H and O–H groups in total. The molecule has 1 aromatic carbocycles. The van der Waals surface area contributed by atoms with Gasteiger partial charge in [0.15, 0.2) is 0 Å². The molecule has 0 radical (unpaired) electrons. The molecule has 0 unspecified atom stereocenters. The van der Waals surface area contributed by atoms with Crippen molar-refractivity contribution in [3.05, 3.63) is 57.6 Å². The van der Waals surface area contributed by atoms with Crippen molar-refractivity contribution in [1.82, 2.24) is 15.3 Å². The molecule has 23 heavy (non-hydrogen) atoms. The van der Waals surface area contributed by atoms with Crippen molar-refractivity contribution in [1.29, 1.82) is 0 Å². The number of carbonyl (C=O) groups excluding carboxylic acids is 1. The van der Waals surface area contributed by atoms with Crippen molar-refractivity contribution in [2.45, 2.75) is 13.0 Å². The molecule has 0 spiro atoms. The molecule has 0 aliphatic heterocycles. The van der Waals surface area contributed by atoms with Gasteiger partial charge in [0.25, 0.3) is 11.5 Å². The Balaban J connectivity index is 0.00000242. The zero-order chi connectivity index (χ0) is 15.2. The molecular weight excluding hydrogens is 341 g/mol. The largest absolute Gasteiger partial charge is 0.383 e. The molecule has 1 heterocycles. The highest BCUT2D eigenvalue weighted by Gasteiger charge is 2.05. The zero-order valence-electron chi connectivity index (χ0n) is 12.2. The average molecular weight is 360 g/mol. The number of hydrogen-bond acceptors (Lipinski definition) is 5. The summed E-state index contributed by atoms with van der Waals surface area (Å²) in [4.78, 5) is 29.7. The van der Waals surface area contributed by atoms with Crippen molar-refractivity contribution in [3.8, 4) is 0 Å². The number of amides is 1. The Morgan fingerprint density at radius 1 is 1.22 bits per heavy atom. The minimum Gasteiger partial charge on any atom is -0.383 e. The fourth-order valence-electron chi connectivity index (χ4n) is 1.84. The molecule has 0 aliphatic carbocycles. The number of carbonyl (C=O) groups is 1. The van der Waals surface area contributed by atoms with Gasteiger partial charge in [-0.25, -0.2) is 4.98 Å². The summed E-state index contributed by atoms with van der Waals surface area (Å²) in [5.41, 5.74) is 12.2. The Labute approximate surface area is 145 Å². The van der Waals surface area contributed by atoms with Gasteiger partial charge in [-0.2, -0.15) is 0 Å². The van der Waals surface area contributed by atoms with Crippen LogP contribution in [0.4, 0.5) is 5.82 Å². The highest BCUT2D eigenvalue weighted by molar-refractivity contribution is 5.94. The maximum absolute atomic E-state index is 11.9. The second-order valence-electron chi connectivity index (χ2n) is 4.52. The molecule has 1 amide bonds. The number of hydrogen-bond donors (Lipinski definition) is 4. The molecule has 0 saturated heterocycles. The standard InChI is InChI=1S/C14H17N5O2.2ClH/c15-8-9-1-3-10(4-2-9)14(21)17-6-5-12-18-11(16)7-13(20)19-12;;/h1-4,7H,5-6,8,15H2,(H,17,21)(H3,16,18,19,20);2*1H. The molecule has 0 atom stereocenters. The Bertz CT molecular complexity index is 688. The molecule has 7 nitrogen and oxygen atoms in total. The van der Waals surface area contributed by atoms with Crippen molar-refractivity contribution < 1.29 is 4.79 Å². The van der Waals surface area contributed by atoms with Gasteiger partial charge in [0.1, 0.15) is 11.6 Å². The summed E-state index contributed by atoms with van der Waals surface area (Å²) < 4.78 is 0. The van der Waals surface area contributed by atoms with E-state index in [-0.39, 0.29) is 42.1 Å². The van der Waals surface area contributed by atoms with Crippen LogP contribution < -0.4 is 22.3 Å². The van der Waals surface area contributed by atoms with E-state index in [1.165, 1.54) is 6.07 Å². The van der Waals surface area contributed by atoms with Gasteiger partial charge < -0.3 is 21.8 Å². The highest BCUT2D eigenvalue weighted by Crippen LogP contribution is 2.03.